The van der Waals surface area contributed by atoms with Gasteiger partial charge >= 0.3 is 11.9 Å². The maximum atomic E-state index is 12.7. The standard InChI is InChI=1S/C41H72O12S/c1-3-5-7-9-11-13-14-15-16-17-18-19-20-22-24-26-28-30-37(43)52-34(31-50-36(42)29-27-25-23-21-12-10-8-6-4-2)32-51-41-40(46)39(45)38(44)35(53-41)33-54(47,48)49/h15-16,18-19,22,24,34-35,38-41,44-46H,3-14,17,20-21,23,25-33H2,1-2H3,(H,47,48,49)/b16-15+,19-18+,24-22+/t34-,35-,38-,39?,40?,41+/m1/s1. The molecule has 0 spiro atoms. The summed E-state index contributed by atoms with van der Waals surface area (Å²) in [6, 6.07) is 0. The Balaban J connectivity index is 2.53. The van der Waals surface area contributed by atoms with Gasteiger partial charge in [0.25, 0.3) is 10.1 Å². The molecule has 1 rings (SSSR count). The molecule has 0 aromatic carbocycles. The fourth-order valence-corrected chi connectivity index (χ4v) is 6.68. The predicted octanol–water partition coefficient (Wildman–Crippen LogP) is 7.44. The molecule has 0 aromatic rings. The lowest BCUT2D eigenvalue weighted by atomic mass is 10.00. The Hall–Kier alpha value is -2.13. The highest BCUT2D eigenvalue weighted by molar-refractivity contribution is 7.85. The molecule has 0 radical (unpaired) electrons. The SMILES string of the molecule is CCCCCCCC/C=C/C/C=C/C/C=C/CCCC(=O)O[C@H](COC(=O)CCCCCCCCCCC)CO[C@H]1O[C@H](CS(=O)(=O)O)[C@@H](O)C(O)C1O. The molecule has 0 bridgehead atoms. The van der Waals surface area contributed by atoms with Crippen LogP contribution in [0.3, 0.4) is 0 Å². The van der Waals surface area contributed by atoms with Gasteiger partial charge in [-0.2, -0.15) is 8.42 Å². The van der Waals surface area contributed by atoms with Gasteiger partial charge in [-0.25, -0.2) is 0 Å². The monoisotopic (exact) mass is 788 g/mol. The minimum atomic E-state index is -4.60. The van der Waals surface area contributed by atoms with Gasteiger partial charge in [-0.3, -0.25) is 14.1 Å². The minimum absolute atomic E-state index is 0.0936. The topological polar surface area (TPSA) is 186 Å². The average molecular weight is 789 g/mol. The van der Waals surface area contributed by atoms with Gasteiger partial charge in [-0.15, -0.1) is 0 Å². The molecular weight excluding hydrogens is 717 g/mol. The molecule has 1 aliphatic rings. The van der Waals surface area contributed by atoms with Crippen LogP contribution in [0.15, 0.2) is 36.5 Å². The van der Waals surface area contributed by atoms with E-state index in [0.29, 0.717) is 19.3 Å². The van der Waals surface area contributed by atoms with Crippen LogP contribution in [-0.2, 0) is 38.7 Å². The van der Waals surface area contributed by atoms with E-state index in [1.807, 2.05) is 12.2 Å². The van der Waals surface area contributed by atoms with E-state index in [0.717, 1.165) is 38.5 Å². The Labute approximate surface area is 325 Å². The van der Waals surface area contributed by atoms with Crippen LogP contribution in [0.1, 0.15) is 155 Å². The van der Waals surface area contributed by atoms with Gasteiger partial charge in [0.05, 0.1) is 6.61 Å². The molecular formula is C41H72O12S. The summed E-state index contributed by atoms with van der Waals surface area (Å²) in [5, 5.41) is 30.7. The Bertz CT molecular complexity index is 1150. The molecule has 0 saturated carbocycles. The van der Waals surface area contributed by atoms with Crippen molar-refractivity contribution in [2.24, 2.45) is 0 Å². The number of rotatable bonds is 33. The first-order valence-electron chi connectivity index (χ1n) is 20.5. The quantitative estimate of drug-likeness (QED) is 0.0223. The van der Waals surface area contributed by atoms with Crippen LogP contribution in [0.2, 0.25) is 0 Å². The lowest BCUT2D eigenvalue weighted by Gasteiger charge is -2.40. The van der Waals surface area contributed by atoms with Crippen LogP contribution in [-0.4, -0.2) is 96.0 Å². The summed E-state index contributed by atoms with van der Waals surface area (Å²) in [5.74, 6) is -2.05. The number of carbonyl (C=O) groups is 2. The fraction of sp³-hybridized carbons (Fsp3) is 0.805. The number of allylic oxidation sites excluding steroid dienone is 6. The molecule has 0 amide bonds. The van der Waals surface area contributed by atoms with Gasteiger partial charge < -0.3 is 34.3 Å². The van der Waals surface area contributed by atoms with Crippen LogP contribution in [0.25, 0.3) is 0 Å². The Morgan fingerprint density at radius 3 is 1.70 bits per heavy atom. The zero-order chi connectivity index (χ0) is 39.9. The summed E-state index contributed by atoms with van der Waals surface area (Å²) in [6.45, 7) is 3.66. The summed E-state index contributed by atoms with van der Waals surface area (Å²) >= 11 is 0. The predicted molar refractivity (Wildman–Crippen MR) is 210 cm³/mol. The van der Waals surface area contributed by atoms with Crippen molar-refractivity contribution in [3.8, 4) is 0 Å². The third-order valence-corrected chi connectivity index (χ3v) is 9.97. The molecule has 1 saturated heterocycles. The zero-order valence-corrected chi connectivity index (χ0v) is 33.9. The molecule has 12 nitrogen and oxygen atoms in total. The molecule has 4 N–H and O–H groups in total. The molecule has 1 heterocycles. The van der Waals surface area contributed by atoms with Gasteiger partial charge in [0, 0.05) is 12.8 Å². The van der Waals surface area contributed by atoms with Crippen molar-refractivity contribution in [1.82, 2.24) is 0 Å². The first kappa shape index (κ1) is 49.9. The number of carbonyl (C=O) groups excluding carboxylic acids is 2. The molecule has 13 heteroatoms. The van der Waals surface area contributed by atoms with Crippen molar-refractivity contribution in [1.29, 1.82) is 0 Å². The van der Waals surface area contributed by atoms with Gasteiger partial charge in [0.2, 0.25) is 0 Å². The van der Waals surface area contributed by atoms with E-state index in [4.69, 9.17) is 18.9 Å². The summed E-state index contributed by atoms with van der Waals surface area (Å²) in [5.41, 5.74) is 0. The average Bonchev–Trinajstić information content (AvgIpc) is 3.13. The lowest BCUT2D eigenvalue weighted by Crippen LogP contribution is -2.60. The van der Waals surface area contributed by atoms with E-state index in [1.54, 1.807) is 0 Å². The van der Waals surface area contributed by atoms with Crippen LogP contribution >= 0.6 is 0 Å². The highest BCUT2D eigenvalue weighted by Gasteiger charge is 2.46. The van der Waals surface area contributed by atoms with Crippen LogP contribution in [0.5, 0.6) is 0 Å². The number of aliphatic hydroxyl groups excluding tert-OH is 3. The second-order valence-electron chi connectivity index (χ2n) is 14.3. The third kappa shape index (κ3) is 26.6. The molecule has 314 valence electrons. The molecule has 54 heavy (non-hydrogen) atoms. The molecule has 1 aliphatic heterocycles. The lowest BCUT2D eigenvalue weighted by molar-refractivity contribution is -0.297. The summed E-state index contributed by atoms with van der Waals surface area (Å²) in [4.78, 5) is 25.2. The van der Waals surface area contributed by atoms with Crippen molar-refractivity contribution >= 4 is 22.1 Å². The van der Waals surface area contributed by atoms with Crippen molar-refractivity contribution in [2.45, 2.75) is 192 Å². The van der Waals surface area contributed by atoms with Crippen molar-refractivity contribution < 1.29 is 56.8 Å². The minimum Gasteiger partial charge on any atom is -0.462 e. The van der Waals surface area contributed by atoms with Crippen LogP contribution in [0.4, 0.5) is 0 Å². The second kappa shape index (κ2) is 32.0. The van der Waals surface area contributed by atoms with E-state index < -0.39 is 71.2 Å². The highest BCUT2D eigenvalue weighted by Crippen LogP contribution is 2.24. The Morgan fingerprint density at radius 2 is 1.13 bits per heavy atom. The van der Waals surface area contributed by atoms with Crippen molar-refractivity contribution in [2.75, 3.05) is 19.0 Å². The van der Waals surface area contributed by atoms with Gasteiger partial charge in [0.1, 0.15) is 36.8 Å². The number of aliphatic hydroxyl groups is 3. The first-order chi connectivity index (χ1) is 26.0. The van der Waals surface area contributed by atoms with Gasteiger partial charge in [-0.05, 0) is 44.9 Å². The van der Waals surface area contributed by atoms with Crippen LogP contribution < -0.4 is 0 Å². The highest BCUT2D eigenvalue weighted by atomic mass is 32.2. The zero-order valence-electron chi connectivity index (χ0n) is 33.1. The van der Waals surface area contributed by atoms with E-state index in [9.17, 15) is 37.9 Å². The molecule has 6 atom stereocenters. The number of hydrogen-bond donors (Lipinski definition) is 4. The molecule has 1 fully saturated rings. The fourth-order valence-electron chi connectivity index (χ4n) is 5.99. The molecule has 2 unspecified atom stereocenters. The van der Waals surface area contributed by atoms with Gasteiger partial charge in [-0.1, -0.05) is 134 Å². The first-order valence-corrected chi connectivity index (χ1v) is 22.2. The van der Waals surface area contributed by atoms with Gasteiger partial charge in [0.15, 0.2) is 12.4 Å². The molecule has 0 aliphatic carbocycles. The van der Waals surface area contributed by atoms with E-state index >= 15 is 0 Å². The number of ether oxygens (including phenoxy) is 4. The smallest absolute Gasteiger partial charge is 0.306 e. The number of unbranched alkanes of at least 4 members (excludes halogenated alkanes) is 15. The second-order valence-corrected chi connectivity index (χ2v) is 15.8. The summed E-state index contributed by atoms with van der Waals surface area (Å²) in [7, 11) is -4.60. The number of esters is 2. The number of hydrogen-bond acceptors (Lipinski definition) is 11. The van der Waals surface area contributed by atoms with Crippen LogP contribution in [0, 0.1) is 0 Å². The maximum absolute atomic E-state index is 12.7. The molecule has 0 aromatic heterocycles. The third-order valence-electron chi connectivity index (χ3n) is 9.22. The van der Waals surface area contributed by atoms with E-state index in [1.165, 1.54) is 70.6 Å². The van der Waals surface area contributed by atoms with E-state index in [-0.39, 0.29) is 19.4 Å². The summed E-state index contributed by atoms with van der Waals surface area (Å²) in [6.07, 6.45) is 25.0. The van der Waals surface area contributed by atoms with Crippen molar-refractivity contribution in [3.63, 3.8) is 0 Å². The van der Waals surface area contributed by atoms with E-state index in [2.05, 4.69) is 38.2 Å². The Kier molecular flexibility index (Phi) is 29.6. The summed E-state index contributed by atoms with van der Waals surface area (Å²) < 4.78 is 53.8. The van der Waals surface area contributed by atoms with Crippen molar-refractivity contribution in [3.05, 3.63) is 36.5 Å². The maximum Gasteiger partial charge on any atom is 0.306 e. The largest absolute Gasteiger partial charge is 0.462 e. The Morgan fingerprint density at radius 1 is 0.630 bits per heavy atom. The normalized spacial score (nSPS) is 21.3.